The van der Waals surface area contributed by atoms with Crippen LogP contribution in [-0.2, 0) is 27.4 Å². The summed E-state index contributed by atoms with van der Waals surface area (Å²) in [5.41, 5.74) is 1.14. The Morgan fingerprint density at radius 1 is 1.00 bits per heavy atom. The van der Waals surface area contributed by atoms with Crippen molar-refractivity contribution in [3.05, 3.63) is 71.8 Å². The summed E-state index contributed by atoms with van der Waals surface area (Å²) >= 11 is 0. The number of hydrogen-bond donors (Lipinski definition) is 0. The number of piperidine rings is 1. The zero-order valence-corrected chi connectivity index (χ0v) is 23.4. The molecule has 0 N–H and O–H groups in total. The summed E-state index contributed by atoms with van der Waals surface area (Å²) in [4.78, 5) is 32.2. The second-order valence-electron chi connectivity index (χ2n) is 10.9. The van der Waals surface area contributed by atoms with Gasteiger partial charge in [0, 0.05) is 56.8 Å². The maximum Gasteiger partial charge on any atom is 0.573 e. The first kappa shape index (κ1) is 29.9. The van der Waals surface area contributed by atoms with Crippen molar-refractivity contribution in [3.63, 3.8) is 0 Å². The number of carbonyl (C=O) groups is 2. The van der Waals surface area contributed by atoms with E-state index >= 15 is 0 Å². The number of halogens is 3. The molecule has 42 heavy (non-hydrogen) atoms. The van der Waals surface area contributed by atoms with Gasteiger partial charge in [-0.05, 0) is 30.4 Å². The van der Waals surface area contributed by atoms with Crippen LogP contribution in [0.1, 0.15) is 24.0 Å². The van der Waals surface area contributed by atoms with Crippen LogP contribution in [0.25, 0.3) is 0 Å². The minimum absolute atomic E-state index is 0.00248. The lowest BCUT2D eigenvalue weighted by molar-refractivity contribution is -0.275. The molecule has 2 bridgehead atoms. The monoisotopic (exact) mass is 587 g/mol. The van der Waals surface area contributed by atoms with Crippen molar-refractivity contribution < 1.29 is 37.0 Å². The number of hydrogen-bond acceptors (Lipinski definition) is 6. The first-order valence-corrected chi connectivity index (χ1v) is 14.3. The molecular weight excluding hydrogens is 551 g/mol. The van der Waals surface area contributed by atoms with Gasteiger partial charge in [0.2, 0.25) is 11.8 Å². The van der Waals surface area contributed by atoms with Gasteiger partial charge in [0.15, 0.2) is 0 Å². The van der Waals surface area contributed by atoms with Crippen LogP contribution in [0.4, 0.5) is 13.2 Å². The minimum atomic E-state index is -4.83. The summed E-state index contributed by atoms with van der Waals surface area (Å²) in [7, 11) is 0. The Morgan fingerprint density at radius 2 is 1.76 bits per heavy atom. The molecule has 0 saturated carbocycles. The smallest absolute Gasteiger partial charge is 0.489 e. The number of amides is 2. The number of alkyl halides is 3. The lowest BCUT2D eigenvalue weighted by atomic mass is 9.82. The number of carbonyl (C=O) groups excluding carboxylic acids is 2. The molecule has 226 valence electrons. The molecule has 0 aromatic heterocycles. The van der Waals surface area contributed by atoms with Crippen molar-refractivity contribution >= 4 is 11.8 Å². The molecule has 2 atom stereocenters. The van der Waals surface area contributed by atoms with Crippen molar-refractivity contribution in [1.29, 1.82) is 0 Å². The maximum atomic E-state index is 13.7. The van der Waals surface area contributed by atoms with Gasteiger partial charge in [0.25, 0.3) is 0 Å². The molecule has 3 aliphatic heterocycles. The van der Waals surface area contributed by atoms with Crippen LogP contribution in [-0.4, -0.2) is 85.4 Å². The quantitative estimate of drug-likeness (QED) is 0.488. The van der Waals surface area contributed by atoms with E-state index < -0.39 is 6.36 Å². The fourth-order valence-electron chi connectivity index (χ4n) is 5.84. The summed E-state index contributed by atoms with van der Waals surface area (Å²) in [6.45, 7) is 3.93. The second-order valence-corrected chi connectivity index (χ2v) is 10.9. The van der Waals surface area contributed by atoms with E-state index in [4.69, 9.17) is 9.47 Å². The van der Waals surface area contributed by atoms with E-state index in [1.165, 1.54) is 12.1 Å². The van der Waals surface area contributed by atoms with Crippen LogP contribution in [0, 0.1) is 11.8 Å². The fourth-order valence-corrected chi connectivity index (χ4v) is 5.84. The summed E-state index contributed by atoms with van der Waals surface area (Å²) < 4.78 is 55.1. The van der Waals surface area contributed by atoms with Gasteiger partial charge in [-0.1, -0.05) is 48.6 Å². The van der Waals surface area contributed by atoms with E-state index in [0.717, 1.165) is 5.56 Å². The lowest BCUT2D eigenvalue weighted by Gasteiger charge is -2.39. The molecule has 3 aliphatic rings. The van der Waals surface area contributed by atoms with Crippen LogP contribution in [0.15, 0.2) is 60.7 Å². The van der Waals surface area contributed by atoms with E-state index in [2.05, 4.69) is 10.8 Å². The number of fused-ring (bicyclic) bond motifs is 3. The van der Waals surface area contributed by atoms with Crippen molar-refractivity contribution in [2.24, 2.45) is 11.8 Å². The van der Waals surface area contributed by atoms with Crippen LogP contribution >= 0.6 is 0 Å². The number of benzene rings is 2. The Bertz CT molecular complexity index is 1260. The highest BCUT2D eigenvalue weighted by molar-refractivity contribution is 5.79. The molecule has 0 radical (unpaired) electrons. The standard InChI is InChI=1S/C31H36F3N3O5/c32-31(33,34)42-28-10-4-2-7-26(28)20-35-19-25-6-1-3-9-27(25)41-15-5-8-24-21-37(30(39)22-35)12-11-23(24)18-29(38)36-13-16-40-17-14-36/h1-10,23-24H,11-22H2/b8-5-/t23-,24-/m0/s1. The summed E-state index contributed by atoms with van der Waals surface area (Å²) in [5.74, 6) is 0.400. The predicted molar refractivity (Wildman–Crippen MR) is 149 cm³/mol. The predicted octanol–water partition coefficient (Wildman–Crippen LogP) is 4.25. The van der Waals surface area contributed by atoms with Crippen LogP contribution in [0.2, 0.25) is 0 Å². The summed E-state index contributed by atoms with van der Waals surface area (Å²) in [6.07, 6.45) is 0.257. The normalized spacial score (nSPS) is 23.1. The lowest BCUT2D eigenvalue weighted by Crippen LogP contribution is -2.48. The first-order valence-electron chi connectivity index (χ1n) is 14.3. The van der Waals surface area contributed by atoms with Gasteiger partial charge in [-0.25, -0.2) is 0 Å². The van der Waals surface area contributed by atoms with Gasteiger partial charge < -0.3 is 24.0 Å². The third kappa shape index (κ3) is 8.04. The topological polar surface area (TPSA) is 71.6 Å². The Balaban J connectivity index is 1.37. The number of morpholine rings is 1. The molecule has 2 aromatic rings. The Morgan fingerprint density at radius 3 is 2.57 bits per heavy atom. The zero-order chi connectivity index (χ0) is 29.5. The molecule has 0 spiro atoms. The van der Waals surface area contributed by atoms with E-state index in [-0.39, 0.29) is 42.5 Å². The highest BCUT2D eigenvalue weighted by Crippen LogP contribution is 2.31. The van der Waals surface area contributed by atoms with Gasteiger partial charge in [0.05, 0.1) is 19.8 Å². The minimum Gasteiger partial charge on any atom is -0.489 e. The molecular formula is C31H36F3N3O5. The van der Waals surface area contributed by atoms with Crippen molar-refractivity contribution in [3.8, 4) is 11.5 Å². The molecule has 8 nitrogen and oxygen atoms in total. The Kier molecular flexibility index (Phi) is 9.69. The number of para-hydroxylation sites is 2. The van der Waals surface area contributed by atoms with Gasteiger partial charge in [0.1, 0.15) is 18.1 Å². The molecule has 0 unspecified atom stereocenters. The number of nitrogens with zero attached hydrogens (tertiary/aromatic N) is 3. The maximum absolute atomic E-state index is 13.7. The van der Waals surface area contributed by atoms with E-state index in [9.17, 15) is 22.8 Å². The fraction of sp³-hybridized carbons (Fsp3) is 0.484. The molecule has 3 heterocycles. The van der Waals surface area contributed by atoms with Crippen LogP contribution < -0.4 is 9.47 Å². The van der Waals surface area contributed by atoms with Gasteiger partial charge in [-0.15, -0.1) is 13.2 Å². The Labute approximate surface area is 243 Å². The molecule has 2 fully saturated rings. The molecule has 5 rings (SSSR count). The van der Waals surface area contributed by atoms with E-state index in [0.29, 0.717) is 76.7 Å². The van der Waals surface area contributed by atoms with Crippen molar-refractivity contribution in [2.45, 2.75) is 32.3 Å². The first-order chi connectivity index (χ1) is 20.2. The summed E-state index contributed by atoms with van der Waals surface area (Å²) in [6, 6.07) is 13.4. The van der Waals surface area contributed by atoms with E-state index in [1.807, 2.05) is 40.1 Å². The second kappa shape index (κ2) is 13.6. The van der Waals surface area contributed by atoms with Crippen LogP contribution in [0.3, 0.4) is 0 Å². The van der Waals surface area contributed by atoms with Gasteiger partial charge in [-0.2, -0.15) is 0 Å². The van der Waals surface area contributed by atoms with E-state index in [1.54, 1.807) is 17.0 Å². The molecule has 2 aromatic carbocycles. The van der Waals surface area contributed by atoms with Gasteiger partial charge >= 0.3 is 6.36 Å². The largest absolute Gasteiger partial charge is 0.573 e. The molecule has 11 heteroatoms. The third-order valence-electron chi connectivity index (χ3n) is 8.00. The van der Waals surface area contributed by atoms with Crippen molar-refractivity contribution in [1.82, 2.24) is 14.7 Å². The highest BCUT2D eigenvalue weighted by atomic mass is 19.4. The van der Waals surface area contributed by atoms with Crippen LogP contribution in [0.5, 0.6) is 11.5 Å². The number of rotatable bonds is 5. The molecule has 2 saturated heterocycles. The Hall–Kier alpha value is -3.57. The average Bonchev–Trinajstić information content (AvgIpc) is 2.97. The molecule has 2 amide bonds. The SMILES string of the molecule is O=C(C[C@@H]1CCN2C[C@@H]1/C=C\COc1ccccc1CN(Cc1ccccc1OC(F)(F)F)CC2=O)N1CCOCC1. The average molecular weight is 588 g/mol. The third-order valence-corrected chi connectivity index (χ3v) is 8.00. The van der Waals surface area contributed by atoms with Gasteiger partial charge in [-0.3, -0.25) is 14.5 Å². The number of ether oxygens (including phenoxy) is 3. The summed E-state index contributed by atoms with van der Waals surface area (Å²) in [5, 5.41) is 0. The zero-order valence-electron chi connectivity index (χ0n) is 23.4. The van der Waals surface area contributed by atoms with Crippen molar-refractivity contribution in [2.75, 3.05) is 52.5 Å². The highest BCUT2D eigenvalue weighted by Gasteiger charge is 2.34. The molecule has 0 aliphatic carbocycles.